The fourth-order valence-corrected chi connectivity index (χ4v) is 4.26. The Morgan fingerprint density at radius 2 is 1.61 bits per heavy atom. The molecule has 3 aromatic carbocycles. The van der Waals surface area contributed by atoms with Crippen LogP contribution in [-0.2, 0) is 4.79 Å². The van der Waals surface area contributed by atoms with Crippen LogP contribution in [0.1, 0.15) is 48.0 Å². The third kappa shape index (κ3) is 4.85. The highest BCUT2D eigenvalue weighted by atomic mass is 16.2. The third-order valence-corrected chi connectivity index (χ3v) is 6.01. The lowest BCUT2D eigenvalue weighted by molar-refractivity contribution is -0.113. The Morgan fingerprint density at radius 3 is 2.45 bits per heavy atom. The number of hydrogen-bond acceptors (Lipinski definition) is 2. The van der Waals surface area contributed by atoms with Crippen LogP contribution >= 0.6 is 0 Å². The van der Waals surface area contributed by atoms with Crippen molar-refractivity contribution < 1.29 is 9.59 Å². The van der Waals surface area contributed by atoms with E-state index in [4.69, 9.17) is 0 Å². The van der Waals surface area contributed by atoms with Gasteiger partial charge in [-0.15, -0.1) is 0 Å². The second-order valence-corrected chi connectivity index (χ2v) is 8.12. The quantitative estimate of drug-likeness (QED) is 0.556. The molecule has 1 N–H and O–H groups in total. The molecule has 3 aromatic rings. The second-order valence-electron chi connectivity index (χ2n) is 8.12. The van der Waals surface area contributed by atoms with Crippen LogP contribution in [-0.4, -0.2) is 24.9 Å². The maximum absolute atomic E-state index is 12.9. The minimum Gasteiger partial charge on any atom is -0.349 e. The average molecular weight is 413 g/mol. The highest BCUT2D eigenvalue weighted by molar-refractivity contribution is 6.09. The summed E-state index contributed by atoms with van der Waals surface area (Å²) in [4.78, 5) is 27.4. The maximum Gasteiger partial charge on any atom is 0.253 e. The molecule has 1 saturated carbocycles. The second kappa shape index (κ2) is 9.61. The summed E-state index contributed by atoms with van der Waals surface area (Å²) in [6.45, 7) is 0. The van der Waals surface area contributed by atoms with E-state index in [0.717, 1.165) is 42.0 Å². The first kappa shape index (κ1) is 20.9. The van der Waals surface area contributed by atoms with Crippen molar-refractivity contribution in [3.8, 4) is 0 Å². The van der Waals surface area contributed by atoms with Gasteiger partial charge in [0.05, 0.1) is 11.3 Å². The predicted octanol–water partition coefficient (Wildman–Crippen LogP) is 5.58. The van der Waals surface area contributed by atoms with E-state index in [1.54, 1.807) is 19.2 Å². The molecule has 0 aromatic heterocycles. The van der Waals surface area contributed by atoms with Crippen molar-refractivity contribution in [2.24, 2.45) is 0 Å². The average Bonchev–Trinajstić information content (AvgIpc) is 2.82. The van der Waals surface area contributed by atoms with Crippen LogP contribution < -0.4 is 10.2 Å². The summed E-state index contributed by atoms with van der Waals surface area (Å²) >= 11 is 0. The number of benzene rings is 3. The molecule has 31 heavy (non-hydrogen) atoms. The molecule has 0 heterocycles. The van der Waals surface area contributed by atoms with Crippen molar-refractivity contribution in [3.05, 3.63) is 83.9 Å². The number of carbonyl (C=O) groups excluding carboxylic acids is 2. The van der Waals surface area contributed by atoms with Crippen LogP contribution in [0.25, 0.3) is 16.8 Å². The zero-order valence-electron chi connectivity index (χ0n) is 17.9. The lowest BCUT2D eigenvalue weighted by Crippen LogP contribution is -2.37. The van der Waals surface area contributed by atoms with Crippen LogP contribution in [0.3, 0.4) is 0 Å². The molecule has 1 aliphatic carbocycles. The van der Waals surface area contributed by atoms with E-state index in [0.29, 0.717) is 11.3 Å². The smallest absolute Gasteiger partial charge is 0.253 e. The van der Waals surface area contributed by atoms with Gasteiger partial charge < -0.3 is 10.2 Å². The number of nitrogens with one attached hydrogen (secondary N) is 1. The summed E-state index contributed by atoms with van der Waals surface area (Å²) in [6.07, 6.45) is 9.01. The molecular weight excluding hydrogens is 384 g/mol. The normalized spacial score (nSPS) is 14.6. The zero-order chi connectivity index (χ0) is 21.6. The van der Waals surface area contributed by atoms with Gasteiger partial charge in [-0.3, -0.25) is 9.59 Å². The fraction of sp³-hybridized carbons (Fsp3) is 0.259. The van der Waals surface area contributed by atoms with Crippen molar-refractivity contribution >= 4 is 34.4 Å². The third-order valence-electron chi connectivity index (χ3n) is 6.01. The number of anilines is 1. The molecule has 0 spiro atoms. The van der Waals surface area contributed by atoms with Gasteiger partial charge in [0.2, 0.25) is 0 Å². The molecule has 4 rings (SSSR count). The molecule has 0 atom stereocenters. The molecule has 2 amide bonds. The van der Waals surface area contributed by atoms with Gasteiger partial charge in [0, 0.05) is 19.2 Å². The van der Waals surface area contributed by atoms with E-state index in [1.165, 1.54) is 11.3 Å². The molecule has 1 aliphatic rings. The molecule has 158 valence electrons. The number of amides is 2. The number of carbonyl (C=O) groups is 2. The van der Waals surface area contributed by atoms with Crippen molar-refractivity contribution in [3.63, 3.8) is 0 Å². The van der Waals surface area contributed by atoms with Gasteiger partial charge in [0.15, 0.2) is 0 Å². The van der Waals surface area contributed by atoms with Crippen molar-refractivity contribution in [1.29, 1.82) is 0 Å². The summed E-state index contributed by atoms with van der Waals surface area (Å²) in [7, 11) is 1.71. The predicted molar refractivity (Wildman–Crippen MR) is 127 cm³/mol. The Hall–Kier alpha value is -3.40. The first-order valence-electron chi connectivity index (χ1n) is 11.0. The topological polar surface area (TPSA) is 49.4 Å². The SMILES string of the molecule is CN(C(=O)/C=C/c1cccc2ccccc12)c1ccccc1C(=O)NC1CCCCC1. The van der Waals surface area contributed by atoms with E-state index in [9.17, 15) is 9.59 Å². The van der Waals surface area contributed by atoms with Crippen molar-refractivity contribution in [2.45, 2.75) is 38.1 Å². The van der Waals surface area contributed by atoms with E-state index in [-0.39, 0.29) is 17.9 Å². The van der Waals surface area contributed by atoms with Gasteiger partial charge in [-0.05, 0) is 47.4 Å². The lowest BCUT2D eigenvalue weighted by Gasteiger charge is -2.24. The van der Waals surface area contributed by atoms with Gasteiger partial charge in [0.1, 0.15) is 0 Å². The van der Waals surface area contributed by atoms with E-state index >= 15 is 0 Å². The Balaban J connectivity index is 1.52. The number of nitrogens with zero attached hydrogens (tertiary/aromatic N) is 1. The molecule has 4 nitrogen and oxygen atoms in total. The molecular formula is C27H28N2O2. The van der Waals surface area contributed by atoms with E-state index < -0.39 is 0 Å². The van der Waals surface area contributed by atoms with Gasteiger partial charge in [-0.25, -0.2) is 0 Å². The zero-order valence-corrected chi connectivity index (χ0v) is 17.9. The minimum absolute atomic E-state index is 0.111. The van der Waals surface area contributed by atoms with Crippen LogP contribution in [0.2, 0.25) is 0 Å². The summed E-state index contributed by atoms with van der Waals surface area (Å²) in [6, 6.07) is 21.7. The molecule has 0 aliphatic heterocycles. The van der Waals surface area contributed by atoms with Gasteiger partial charge in [-0.2, -0.15) is 0 Å². The number of para-hydroxylation sites is 1. The molecule has 0 bridgehead atoms. The number of likely N-dealkylation sites (N-methyl/N-ethyl adjacent to an activating group) is 1. The molecule has 4 heteroatoms. The fourth-order valence-electron chi connectivity index (χ4n) is 4.26. The first-order chi connectivity index (χ1) is 15.1. The van der Waals surface area contributed by atoms with Gasteiger partial charge in [0.25, 0.3) is 11.8 Å². The molecule has 0 saturated heterocycles. The number of rotatable bonds is 5. The molecule has 0 radical (unpaired) electrons. The van der Waals surface area contributed by atoms with E-state index in [2.05, 4.69) is 17.4 Å². The number of hydrogen-bond donors (Lipinski definition) is 1. The summed E-state index contributed by atoms with van der Waals surface area (Å²) in [5.74, 6) is -0.286. The van der Waals surface area contributed by atoms with E-state index in [1.807, 2.05) is 54.6 Å². The Kier molecular flexibility index (Phi) is 6.46. The lowest BCUT2D eigenvalue weighted by atomic mass is 9.95. The van der Waals surface area contributed by atoms with Gasteiger partial charge in [-0.1, -0.05) is 73.9 Å². The maximum atomic E-state index is 12.9. The monoisotopic (exact) mass is 412 g/mol. The molecule has 1 fully saturated rings. The Labute approximate surface area is 183 Å². The highest BCUT2D eigenvalue weighted by Gasteiger charge is 2.21. The van der Waals surface area contributed by atoms with Crippen molar-refractivity contribution in [1.82, 2.24) is 5.32 Å². The number of fused-ring (bicyclic) bond motifs is 1. The standard InChI is InChI=1S/C27H28N2O2/c1-29(26(30)19-18-21-12-9-11-20-10-5-6-15-23(20)21)25-17-8-7-16-24(25)27(31)28-22-13-3-2-4-14-22/h5-12,15-19,22H,2-4,13-14H2,1H3,(H,28,31)/b19-18+. The highest BCUT2D eigenvalue weighted by Crippen LogP contribution is 2.23. The van der Waals surface area contributed by atoms with Crippen molar-refractivity contribution in [2.75, 3.05) is 11.9 Å². The van der Waals surface area contributed by atoms with Gasteiger partial charge >= 0.3 is 0 Å². The summed E-state index contributed by atoms with van der Waals surface area (Å²) in [5, 5.41) is 5.39. The Bertz CT molecular complexity index is 1110. The summed E-state index contributed by atoms with van der Waals surface area (Å²) < 4.78 is 0. The Morgan fingerprint density at radius 1 is 0.903 bits per heavy atom. The van der Waals surface area contributed by atoms with Crippen LogP contribution in [0, 0.1) is 0 Å². The first-order valence-corrected chi connectivity index (χ1v) is 11.0. The largest absolute Gasteiger partial charge is 0.349 e. The van der Waals surface area contributed by atoms with Crippen LogP contribution in [0.4, 0.5) is 5.69 Å². The molecule has 0 unspecified atom stereocenters. The van der Waals surface area contributed by atoms with Crippen LogP contribution in [0.15, 0.2) is 72.8 Å². The van der Waals surface area contributed by atoms with Crippen LogP contribution in [0.5, 0.6) is 0 Å². The minimum atomic E-state index is -0.175. The summed E-state index contributed by atoms with van der Waals surface area (Å²) in [5.41, 5.74) is 2.13.